The third kappa shape index (κ3) is 5.84. The zero-order valence-corrected chi connectivity index (χ0v) is 16.1. The van der Waals surface area contributed by atoms with Crippen LogP contribution in [-0.2, 0) is 17.8 Å². The molecule has 0 radical (unpaired) electrons. The minimum atomic E-state index is 0.624. The quantitative estimate of drug-likeness (QED) is 0.821. The van der Waals surface area contributed by atoms with Gasteiger partial charge in [-0.05, 0) is 36.6 Å². The molecule has 0 N–H and O–H groups in total. The van der Waals surface area contributed by atoms with Crippen LogP contribution in [0.4, 0.5) is 0 Å². The first kappa shape index (κ1) is 19.5. The molecule has 1 aliphatic rings. The average Bonchev–Trinajstić information content (AvgIpc) is 2.70. The largest absolute Gasteiger partial charge is 0.497 e. The molecule has 146 valence electrons. The van der Waals surface area contributed by atoms with Crippen LogP contribution < -0.4 is 14.2 Å². The van der Waals surface area contributed by atoms with Crippen LogP contribution in [0.1, 0.15) is 24.0 Å². The molecule has 1 aliphatic heterocycles. The summed E-state index contributed by atoms with van der Waals surface area (Å²) in [4.78, 5) is 6.65. The maximum absolute atomic E-state index is 6.02. The Morgan fingerprint density at radius 3 is 2.70 bits per heavy atom. The van der Waals surface area contributed by atoms with E-state index in [4.69, 9.17) is 18.9 Å². The molecule has 1 aromatic carbocycles. The fraction of sp³-hybridized carbons (Fsp3) is 0.476. The van der Waals surface area contributed by atoms with Gasteiger partial charge < -0.3 is 18.9 Å². The average molecular weight is 372 g/mol. The van der Waals surface area contributed by atoms with Gasteiger partial charge >= 0.3 is 0 Å². The lowest BCUT2D eigenvalue weighted by molar-refractivity contribution is 0.0908. The van der Waals surface area contributed by atoms with Gasteiger partial charge in [-0.1, -0.05) is 6.07 Å². The van der Waals surface area contributed by atoms with Crippen molar-refractivity contribution >= 4 is 0 Å². The van der Waals surface area contributed by atoms with E-state index in [1.54, 1.807) is 14.2 Å². The fourth-order valence-corrected chi connectivity index (χ4v) is 3.07. The molecule has 0 saturated heterocycles. The molecule has 6 heteroatoms. The predicted molar refractivity (Wildman–Crippen MR) is 103 cm³/mol. The van der Waals surface area contributed by atoms with Gasteiger partial charge in [0.25, 0.3) is 0 Å². The third-order valence-corrected chi connectivity index (χ3v) is 4.57. The van der Waals surface area contributed by atoms with Crippen LogP contribution in [0, 0.1) is 0 Å². The van der Waals surface area contributed by atoms with E-state index >= 15 is 0 Å². The maximum Gasteiger partial charge on any atom is 0.212 e. The van der Waals surface area contributed by atoms with Gasteiger partial charge in [-0.3, -0.25) is 4.90 Å². The molecule has 1 aromatic heterocycles. The second-order valence-electron chi connectivity index (χ2n) is 6.56. The molecular formula is C21H28N2O4. The van der Waals surface area contributed by atoms with Crippen LogP contribution in [0.2, 0.25) is 0 Å². The molecule has 27 heavy (non-hydrogen) atoms. The van der Waals surface area contributed by atoms with Gasteiger partial charge in [-0.25, -0.2) is 4.98 Å². The van der Waals surface area contributed by atoms with Crippen LogP contribution >= 0.6 is 0 Å². The monoisotopic (exact) mass is 372 g/mol. The summed E-state index contributed by atoms with van der Waals surface area (Å²) in [5.41, 5.74) is 2.25. The molecule has 2 aromatic rings. The Hall–Kier alpha value is -2.31. The number of fused-ring (bicyclic) bond motifs is 1. The first-order chi connectivity index (χ1) is 13.3. The van der Waals surface area contributed by atoms with E-state index in [-0.39, 0.29) is 0 Å². The Kier molecular flexibility index (Phi) is 7.30. The van der Waals surface area contributed by atoms with Crippen molar-refractivity contribution in [2.45, 2.75) is 25.9 Å². The Morgan fingerprint density at radius 2 is 1.93 bits per heavy atom. The van der Waals surface area contributed by atoms with Crippen LogP contribution in [0.15, 0.2) is 36.5 Å². The molecule has 6 nitrogen and oxygen atoms in total. The summed E-state index contributed by atoms with van der Waals surface area (Å²) >= 11 is 0. The normalized spacial score (nSPS) is 16.4. The lowest BCUT2D eigenvalue weighted by atomic mass is 10.1. The van der Waals surface area contributed by atoms with Crippen molar-refractivity contribution < 1.29 is 18.9 Å². The third-order valence-electron chi connectivity index (χ3n) is 4.57. The molecule has 3 rings (SSSR count). The lowest BCUT2D eigenvalue weighted by Gasteiger charge is -2.25. The smallest absolute Gasteiger partial charge is 0.212 e. The molecule has 0 bridgehead atoms. The van der Waals surface area contributed by atoms with Crippen molar-refractivity contribution in [2.75, 3.05) is 40.6 Å². The molecule has 0 amide bonds. The molecule has 0 saturated carbocycles. The summed E-state index contributed by atoms with van der Waals surface area (Å²) in [6.45, 7) is 4.55. The molecular weight excluding hydrogens is 344 g/mol. The van der Waals surface area contributed by atoms with E-state index in [1.165, 1.54) is 0 Å². The van der Waals surface area contributed by atoms with Gasteiger partial charge in [-0.15, -0.1) is 0 Å². The Labute approximate surface area is 161 Å². The lowest BCUT2D eigenvalue weighted by Crippen LogP contribution is -2.27. The topological polar surface area (TPSA) is 53.1 Å². The first-order valence-corrected chi connectivity index (χ1v) is 9.37. The van der Waals surface area contributed by atoms with Gasteiger partial charge in [-0.2, -0.15) is 0 Å². The SMILES string of the molecule is COc1ccc2c(c1)CN(Cc1ccc(OC)nc1)CCOCCCCO2. The van der Waals surface area contributed by atoms with E-state index in [1.807, 2.05) is 30.5 Å². The maximum atomic E-state index is 6.02. The van der Waals surface area contributed by atoms with Gasteiger partial charge in [0.15, 0.2) is 0 Å². The number of pyridine rings is 1. The summed E-state index contributed by atoms with van der Waals surface area (Å²) in [6.07, 6.45) is 3.86. The van der Waals surface area contributed by atoms with Gasteiger partial charge in [0.05, 0.1) is 27.4 Å². The second kappa shape index (κ2) is 10.1. The van der Waals surface area contributed by atoms with Crippen LogP contribution in [-0.4, -0.2) is 50.5 Å². The molecule has 0 unspecified atom stereocenters. The zero-order valence-electron chi connectivity index (χ0n) is 16.1. The van der Waals surface area contributed by atoms with E-state index in [9.17, 15) is 0 Å². The van der Waals surface area contributed by atoms with Crippen molar-refractivity contribution in [1.29, 1.82) is 0 Å². The van der Waals surface area contributed by atoms with Crippen LogP contribution in [0.5, 0.6) is 17.4 Å². The van der Waals surface area contributed by atoms with Crippen molar-refractivity contribution in [1.82, 2.24) is 9.88 Å². The summed E-state index contributed by atoms with van der Waals surface area (Å²) in [6, 6.07) is 9.95. The Balaban J connectivity index is 1.79. The number of aromatic nitrogens is 1. The van der Waals surface area contributed by atoms with E-state index in [0.717, 1.165) is 61.7 Å². The number of hydrogen-bond acceptors (Lipinski definition) is 6. The first-order valence-electron chi connectivity index (χ1n) is 9.37. The number of nitrogens with zero attached hydrogens (tertiary/aromatic N) is 2. The molecule has 2 heterocycles. The van der Waals surface area contributed by atoms with Crippen molar-refractivity contribution in [3.05, 3.63) is 47.7 Å². The number of benzene rings is 1. The minimum absolute atomic E-state index is 0.624. The summed E-state index contributed by atoms with van der Waals surface area (Å²) in [5.74, 6) is 2.39. The predicted octanol–water partition coefficient (Wildman–Crippen LogP) is 3.29. The molecule has 0 atom stereocenters. The van der Waals surface area contributed by atoms with E-state index in [0.29, 0.717) is 19.1 Å². The van der Waals surface area contributed by atoms with Crippen molar-refractivity contribution in [3.63, 3.8) is 0 Å². The highest BCUT2D eigenvalue weighted by Crippen LogP contribution is 2.26. The summed E-state index contributed by atoms with van der Waals surface area (Å²) < 4.78 is 22.4. The Bertz CT molecular complexity index is 706. The highest BCUT2D eigenvalue weighted by Gasteiger charge is 2.14. The van der Waals surface area contributed by atoms with Gasteiger partial charge in [0.1, 0.15) is 11.5 Å². The van der Waals surface area contributed by atoms with E-state index in [2.05, 4.69) is 16.0 Å². The van der Waals surface area contributed by atoms with Crippen LogP contribution in [0.25, 0.3) is 0 Å². The van der Waals surface area contributed by atoms with Gasteiger partial charge in [0.2, 0.25) is 5.88 Å². The zero-order chi connectivity index (χ0) is 18.9. The molecule has 0 aliphatic carbocycles. The highest BCUT2D eigenvalue weighted by atomic mass is 16.5. The molecule has 0 spiro atoms. The Morgan fingerprint density at radius 1 is 1.04 bits per heavy atom. The number of hydrogen-bond donors (Lipinski definition) is 0. The minimum Gasteiger partial charge on any atom is -0.497 e. The van der Waals surface area contributed by atoms with Crippen molar-refractivity contribution in [2.24, 2.45) is 0 Å². The van der Waals surface area contributed by atoms with Crippen LogP contribution in [0.3, 0.4) is 0 Å². The summed E-state index contributed by atoms with van der Waals surface area (Å²) in [5, 5.41) is 0. The highest BCUT2D eigenvalue weighted by molar-refractivity contribution is 5.40. The van der Waals surface area contributed by atoms with Gasteiger partial charge in [0, 0.05) is 44.1 Å². The standard InChI is InChI=1S/C21H28N2O4/c1-24-19-6-7-20-18(13-19)16-23(9-12-26-10-3-4-11-27-20)15-17-5-8-21(25-2)22-14-17/h5-8,13-14H,3-4,9-12,15-16H2,1-2H3. The summed E-state index contributed by atoms with van der Waals surface area (Å²) in [7, 11) is 3.31. The fourth-order valence-electron chi connectivity index (χ4n) is 3.07. The number of ether oxygens (including phenoxy) is 4. The van der Waals surface area contributed by atoms with E-state index < -0.39 is 0 Å². The number of rotatable bonds is 4. The van der Waals surface area contributed by atoms with Crippen molar-refractivity contribution in [3.8, 4) is 17.4 Å². The second-order valence-corrected chi connectivity index (χ2v) is 6.56. The number of methoxy groups -OCH3 is 2. The molecule has 0 fully saturated rings.